The van der Waals surface area contributed by atoms with Crippen molar-refractivity contribution in [2.24, 2.45) is 0 Å². The second kappa shape index (κ2) is 9.46. The monoisotopic (exact) mass is 469 g/mol. The molecule has 1 aromatic heterocycles. The van der Waals surface area contributed by atoms with Gasteiger partial charge in [-0.1, -0.05) is 6.07 Å². The molecule has 1 heterocycles. The fourth-order valence-corrected chi connectivity index (χ4v) is 3.41. The highest BCUT2D eigenvalue weighted by atomic mass is 79.9. The summed E-state index contributed by atoms with van der Waals surface area (Å²) in [7, 11) is 1.29. The average Bonchev–Trinajstić information content (AvgIpc) is 3.14. The zero-order valence-electron chi connectivity index (χ0n) is 16.8. The Morgan fingerprint density at radius 2 is 2.10 bits per heavy atom. The lowest BCUT2D eigenvalue weighted by Crippen LogP contribution is -2.13. The zero-order chi connectivity index (χ0) is 21.7. The number of carbonyl (C=O) groups excluding carboxylic acids is 1. The normalized spacial score (nSPS) is 11.2. The number of nitrogens with zero attached hydrogens (tertiary/aromatic N) is 2. The van der Waals surface area contributed by atoms with Gasteiger partial charge in [-0.05, 0) is 71.2 Å². The van der Waals surface area contributed by atoms with Gasteiger partial charge in [-0.3, -0.25) is 0 Å². The van der Waals surface area contributed by atoms with Crippen LogP contribution in [0.5, 0.6) is 11.5 Å². The molecule has 0 radical (unpaired) electrons. The van der Waals surface area contributed by atoms with Gasteiger partial charge in [0, 0.05) is 0 Å². The van der Waals surface area contributed by atoms with Gasteiger partial charge in [-0.15, -0.1) is 0 Å². The lowest BCUT2D eigenvalue weighted by molar-refractivity contribution is -0.142. The van der Waals surface area contributed by atoms with Gasteiger partial charge < -0.3 is 19.2 Å². The van der Waals surface area contributed by atoms with Crippen LogP contribution in [-0.2, 0) is 9.53 Å². The van der Waals surface area contributed by atoms with Gasteiger partial charge in [0.05, 0.1) is 34.8 Å². The number of methoxy groups -OCH3 is 1. The van der Waals surface area contributed by atoms with Gasteiger partial charge in [0.15, 0.2) is 18.1 Å². The topological polar surface area (TPSA) is 97.2 Å². The minimum Gasteiger partial charge on any atom is -0.490 e. The third kappa shape index (κ3) is 4.81. The van der Waals surface area contributed by atoms with E-state index in [0.29, 0.717) is 39.5 Å². The van der Waals surface area contributed by atoms with E-state index < -0.39 is 5.97 Å². The number of ether oxygens (including phenoxy) is 3. The average molecular weight is 470 g/mol. The Labute approximate surface area is 182 Å². The van der Waals surface area contributed by atoms with Crippen molar-refractivity contribution in [3.05, 3.63) is 51.8 Å². The number of nitriles is 1. The van der Waals surface area contributed by atoms with E-state index in [-0.39, 0.29) is 6.61 Å². The highest BCUT2D eigenvalue weighted by Crippen LogP contribution is 2.38. The Balaban J connectivity index is 1.99. The molecule has 0 unspecified atom stereocenters. The number of H-pyrrole nitrogens is 1. The number of carbonyl (C=O) groups is 1. The molecule has 0 fully saturated rings. The van der Waals surface area contributed by atoms with Gasteiger partial charge in [-0.2, -0.15) is 5.26 Å². The van der Waals surface area contributed by atoms with E-state index in [0.717, 1.165) is 16.6 Å². The molecule has 0 aliphatic heterocycles. The van der Waals surface area contributed by atoms with E-state index in [1.54, 1.807) is 18.2 Å². The van der Waals surface area contributed by atoms with Crippen LogP contribution in [0.4, 0.5) is 0 Å². The molecule has 3 aromatic rings. The lowest BCUT2D eigenvalue weighted by Gasteiger charge is -2.14. The summed E-state index contributed by atoms with van der Waals surface area (Å²) in [5.74, 6) is 0.815. The van der Waals surface area contributed by atoms with Crippen molar-refractivity contribution in [1.82, 2.24) is 9.97 Å². The Kier molecular flexibility index (Phi) is 6.75. The van der Waals surface area contributed by atoms with Gasteiger partial charge in [0.1, 0.15) is 11.9 Å². The number of aryl methyl sites for hydroxylation is 1. The van der Waals surface area contributed by atoms with E-state index in [4.69, 9.17) is 9.47 Å². The van der Waals surface area contributed by atoms with Crippen LogP contribution in [0.25, 0.3) is 22.7 Å². The summed E-state index contributed by atoms with van der Waals surface area (Å²) in [6, 6.07) is 11.6. The molecule has 1 N–H and O–H groups in total. The molecule has 2 aromatic carbocycles. The van der Waals surface area contributed by atoms with Crippen molar-refractivity contribution in [2.75, 3.05) is 20.3 Å². The molecule has 7 nitrogen and oxygen atoms in total. The summed E-state index contributed by atoms with van der Waals surface area (Å²) >= 11 is 3.45. The quantitative estimate of drug-likeness (QED) is 0.399. The molecular formula is C22H20BrN3O4. The van der Waals surface area contributed by atoms with Gasteiger partial charge in [-0.25, -0.2) is 9.78 Å². The molecule has 0 saturated heterocycles. The molecule has 0 bridgehead atoms. The number of aromatic nitrogens is 2. The smallest absolute Gasteiger partial charge is 0.343 e. The second-order valence-corrected chi connectivity index (χ2v) is 7.26. The van der Waals surface area contributed by atoms with Crippen LogP contribution in [0.15, 0.2) is 34.8 Å². The maximum absolute atomic E-state index is 11.4. The summed E-state index contributed by atoms with van der Waals surface area (Å²) in [6.07, 6.45) is 1.71. The van der Waals surface area contributed by atoms with E-state index in [1.165, 1.54) is 7.11 Å². The maximum Gasteiger partial charge on any atom is 0.343 e. The van der Waals surface area contributed by atoms with E-state index in [2.05, 4.69) is 36.7 Å². The van der Waals surface area contributed by atoms with Crippen molar-refractivity contribution in [1.29, 1.82) is 5.26 Å². The summed E-state index contributed by atoms with van der Waals surface area (Å²) in [5, 5.41) is 9.69. The van der Waals surface area contributed by atoms with E-state index >= 15 is 0 Å². The number of nitrogens with one attached hydrogen (secondary N) is 1. The summed E-state index contributed by atoms with van der Waals surface area (Å²) < 4.78 is 16.4. The number of imidazole rings is 1. The Morgan fingerprint density at radius 1 is 1.30 bits per heavy atom. The van der Waals surface area contributed by atoms with Crippen LogP contribution in [0.2, 0.25) is 0 Å². The SMILES string of the molecule is CCOc1cc(/C=C(/C#N)c2nc3ccc(C)cc3[nH]2)cc(Br)c1OCC(=O)OC. The molecule has 0 atom stereocenters. The molecule has 30 heavy (non-hydrogen) atoms. The molecule has 0 aliphatic carbocycles. The van der Waals surface area contributed by atoms with Crippen molar-refractivity contribution in [2.45, 2.75) is 13.8 Å². The Hall–Kier alpha value is -3.31. The fraction of sp³-hybridized carbons (Fsp3) is 0.227. The lowest BCUT2D eigenvalue weighted by atomic mass is 10.1. The predicted molar refractivity (Wildman–Crippen MR) is 117 cm³/mol. The molecule has 154 valence electrons. The molecule has 0 aliphatic rings. The number of rotatable bonds is 7. The first-order valence-corrected chi connectivity index (χ1v) is 9.99. The fourth-order valence-electron chi connectivity index (χ4n) is 2.84. The Morgan fingerprint density at radius 3 is 2.80 bits per heavy atom. The molecule has 8 heteroatoms. The number of aromatic amines is 1. The highest BCUT2D eigenvalue weighted by Gasteiger charge is 2.15. The highest BCUT2D eigenvalue weighted by molar-refractivity contribution is 9.10. The molecule has 0 spiro atoms. The van der Waals surface area contributed by atoms with Crippen LogP contribution in [-0.4, -0.2) is 36.3 Å². The minimum atomic E-state index is -0.500. The van der Waals surface area contributed by atoms with Gasteiger partial charge in [0.2, 0.25) is 0 Å². The number of allylic oxidation sites excluding steroid dienone is 1. The minimum absolute atomic E-state index is 0.244. The van der Waals surface area contributed by atoms with Crippen LogP contribution in [0, 0.1) is 18.3 Å². The zero-order valence-corrected chi connectivity index (χ0v) is 18.4. The molecule has 3 rings (SSSR count). The van der Waals surface area contributed by atoms with Crippen LogP contribution in [0.1, 0.15) is 23.9 Å². The standard InChI is InChI=1S/C22H20BrN3O4/c1-4-29-19-10-14(9-16(23)21(19)30-12-20(27)28-3)8-15(11-24)22-25-17-6-5-13(2)7-18(17)26-22/h5-10H,4,12H2,1-3H3,(H,25,26)/b15-8-. The molecular weight excluding hydrogens is 450 g/mol. The van der Waals surface area contributed by atoms with E-state index in [1.807, 2.05) is 32.0 Å². The van der Waals surface area contributed by atoms with Crippen LogP contribution >= 0.6 is 15.9 Å². The van der Waals surface area contributed by atoms with Crippen LogP contribution in [0.3, 0.4) is 0 Å². The largest absolute Gasteiger partial charge is 0.490 e. The summed E-state index contributed by atoms with van der Waals surface area (Å²) in [5.41, 5.74) is 3.85. The number of halogens is 1. The Bertz CT molecular complexity index is 1160. The van der Waals surface area contributed by atoms with Crippen molar-refractivity contribution >= 4 is 44.6 Å². The first kappa shape index (κ1) is 21.4. The third-order valence-corrected chi connectivity index (χ3v) is 4.81. The summed E-state index contributed by atoms with van der Waals surface area (Å²) in [6.45, 7) is 4.00. The number of hydrogen-bond donors (Lipinski definition) is 1. The first-order chi connectivity index (χ1) is 14.4. The number of esters is 1. The van der Waals surface area contributed by atoms with Gasteiger partial charge >= 0.3 is 5.97 Å². The van der Waals surface area contributed by atoms with Crippen molar-refractivity contribution in [3.63, 3.8) is 0 Å². The maximum atomic E-state index is 11.4. The first-order valence-electron chi connectivity index (χ1n) is 9.19. The summed E-state index contributed by atoms with van der Waals surface area (Å²) in [4.78, 5) is 19.1. The number of hydrogen-bond acceptors (Lipinski definition) is 6. The van der Waals surface area contributed by atoms with Crippen molar-refractivity contribution in [3.8, 4) is 17.6 Å². The second-order valence-electron chi connectivity index (χ2n) is 6.40. The number of fused-ring (bicyclic) bond motifs is 1. The van der Waals surface area contributed by atoms with Crippen molar-refractivity contribution < 1.29 is 19.0 Å². The van der Waals surface area contributed by atoms with E-state index in [9.17, 15) is 10.1 Å². The molecule has 0 amide bonds. The predicted octanol–water partition coefficient (Wildman–Crippen LogP) is 4.65. The van der Waals surface area contributed by atoms with Gasteiger partial charge in [0.25, 0.3) is 0 Å². The third-order valence-electron chi connectivity index (χ3n) is 4.22. The van der Waals surface area contributed by atoms with Crippen LogP contribution < -0.4 is 9.47 Å². The number of benzene rings is 2. The molecule has 0 saturated carbocycles.